The molecule has 0 spiro atoms. The molecular formula is C18H30IN3O4S. The summed E-state index contributed by atoms with van der Waals surface area (Å²) in [5.41, 5.74) is 1.13. The van der Waals surface area contributed by atoms with Gasteiger partial charge in [0.2, 0.25) is 6.79 Å². The van der Waals surface area contributed by atoms with Gasteiger partial charge in [-0.15, -0.1) is 24.0 Å². The van der Waals surface area contributed by atoms with Crippen LogP contribution in [0.25, 0.3) is 0 Å². The lowest BCUT2D eigenvalue weighted by Gasteiger charge is -2.18. The van der Waals surface area contributed by atoms with Crippen LogP contribution in [0.15, 0.2) is 23.2 Å². The number of hydrogen-bond acceptors (Lipinski definition) is 5. The minimum Gasteiger partial charge on any atom is -0.454 e. The smallest absolute Gasteiger partial charge is 0.231 e. The monoisotopic (exact) mass is 511 g/mol. The van der Waals surface area contributed by atoms with Crippen LogP contribution in [0, 0.1) is 0 Å². The number of rotatable bonds is 7. The highest BCUT2D eigenvalue weighted by atomic mass is 127. The lowest BCUT2D eigenvalue weighted by molar-refractivity contribution is 0.174. The molecule has 27 heavy (non-hydrogen) atoms. The molecule has 0 fully saturated rings. The third-order valence-corrected chi connectivity index (χ3v) is 6.64. The van der Waals surface area contributed by atoms with Crippen molar-refractivity contribution in [2.24, 2.45) is 4.99 Å². The maximum Gasteiger partial charge on any atom is 0.231 e. The zero-order valence-electron chi connectivity index (χ0n) is 16.4. The van der Waals surface area contributed by atoms with Crippen LogP contribution < -0.4 is 20.1 Å². The summed E-state index contributed by atoms with van der Waals surface area (Å²) in [5, 5.41) is 6.37. The Morgan fingerprint density at radius 2 is 1.89 bits per heavy atom. The molecule has 1 aromatic carbocycles. The van der Waals surface area contributed by atoms with E-state index < -0.39 is 14.6 Å². The Labute approximate surface area is 179 Å². The third-order valence-electron chi connectivity index (χ3n) is 4.05. The van der Waals surface area contributed by atoms with E-state index in [1.54, 1.807) is 20.8 Å². The van der Waals surface area contributed by atoms with Gasteiger partial charge in [0.25, 0.3) is 0 Å². The lowest BCUT2D eigenvalue weighted by Crippen LogP contribution is -2.39. The number of benzene rings is 1. The second kappa shape index (κ2) is 10.4. The first-order valence-corrected chi connectivity index (χ1v) is 10.5. The molecule has 0 bridgehead atoms. The highest BCUT2D eigenvalue weighted by Gasteiger charge is 2.28. The third kappa shape index (κ3) is 7.02. The van der Waals surface area contributed by atoms with E-state index in [1.807, 2.05) is 25.1 Å². The number of guanidine groups is 1. The van der Waals surface area contributed by atoms with Crippen molar-refractivity contribution in [2.75, 3.05) is 32.2 Å². The van der Waals surface area contributed by atoms with Crippen LogP contribution >= 0.6 is 24.0 Å². The van der Waals surface area contributed by atoms with Gasteiger partial charge in [0, 0.05) is 13.1 Å². The highest BCUT2D eigenvalue weighted by molar-refractivity contribution is 14.0. The number of hydrogen-bond donors (Lipinski definition) is 2. The van der Waals surface area contributed by atoms with Crippen molar-refractivity contribution in [2.45, 2.75) is 38.9 Å². The predicted octanol–water partition coefficient (Wildman–Crippen LogP) is 2.34. The number of halogens is 1. The van der Waals surface area contributed by atoms with Crippen molar-refractivity contribution >= 4 is 39.8 Å². The number of sulfone groups is 1. The summed E-state index contributed by atoms with van der Waals surface area (Å²) in [6, 6.07) is 5.90. The molecule has 2 rings (SSSR count). The Bertz CT molecular complexity index is 745. The van der Waals surface area contributed by atoms with Gasteiger partial charge in [0.05, 0.1) is 17.0 Å². The molecule has 0 amide bonds. The van der Waals surface area contributed by atoms with Crippen molar-refractivity contribution in [1.29, 1.82) is 0 Å². The molecule has 9 heteroatoms. The van der Waals surface area contributed by atoms with Gasteiger partial charge in [-0.3, -0.25) is 4.99 Å². The van der Waals surface area contributed by atoms with Crippen molar-refractivity contribution in [1.82, 2.24) is 10.6 Å². The molecule has 1 aliphatic rings. The molecule has 1 heterocycles. The standard InChI is InChI=1S/C18H29N3O4S.HI/c1-5-19-17(21-10-11-26(22,23)18(2,3)4)20-9-8-14-6-7-15-16(12-14)25-13-24-15;/h6-7,12H,5,8-11,13H2,1-4H3,(H2,19,20,21);1H. The van der Waals surface area contributed by atoms with Gasteiger partial charge in [-0.1, -0.05) is 6.07 Å². The van der Waals surface area contributed by atoms with Gasteiger partial charge in [-0.25, -0.2) is 8.42 Å². The van der Waals surface area contributed by atoms with Crippen molar-refractivity contribution < 1.29 is 17.9 Å². The van der Waals surface area contributed by atoms with Gasteiger partial charge in [-0.05, 0) is 51.8 Å². The minimum absolute atomic E-state index is 0. The average Bonchev–Trinajstić information content (AvgIpc) is 3.01. The molecular weight excluding hydrogens is 481 g/mol. The molecule has 0 aromatic heterocycles. The molecule has 1 aliphatic heterocycles. The van der Waals surface area contributed by atoms with Crippen LogP contribution in [-0.2, 0) is 16.3 Å². The first kappa shape index (κ1) is 23.8. The summed E-state index contributed by atoms with van der Waals surface area (Å²) < 4.78 is 34.2. The van der Waals surface area contributed by atoms with Crippen LogP contribution in [0.1, 0.15) is 33.3 Å². The minimum atomic E-state index is -3.17. The molecule has 0 atom stereocenters. The first-order valence-electron chi connectivity index (χ1n) is 8.86. The summed E-state index contributed by atoms with van der Waals surface area (Å²) in [4.78, 5) is 4.37. The quantitative estimate of drug-likeness (QED) is 0.332. The van der Waals surface area contributed by atoms with E-state index in [2.05, 4.69) is 15.6 Å². The van der Waals surface area contributed by atoms with Gasteiger partial charge in [-0.2, -0.15) is 0 Å². The lowest BCUT2D eigenvalue weighted by atomic mass is 10.1. The van der Waals surface area contributed by atoms with Gasteiger partial charge < -0.3 is 20.1 Å². The first-order chi connectivity index (χ1) is 12.2. The topological polar surface area (TPSA) is 89.0 Å². The second-order valence-electron chi connectivity index (χ2n) is 7.06. The summed E-state index contributed by atoms with van der Waals surface area (Å²) >= 11 is 0. The SMILES string of the molecule is CCNC(=NCCS(=O)(=O)C(C)(C)C)NCCc1ccc2c(c1)OCO2.I. The summed E-state index contributed by atoms with van der Waals surface area (Å²) in [5.74, 6) is 2.21. The average molecular weight is 511 g/mol. The van der Waals surface area contributed by atoms with E-state index in [4.69, 9.17) is 9.47 Å². The summed E-state index contributed by atoms with van der Waals surface area (Å²) in [6.07, 6.45) is 0.793. The highest BCUT2D eigenvalue weighted by Crippen LogP contribution is 2.32. The zero-order valence-corrected chi connectivity index (χ0v) is 19.5. The Hall–Kier alpha value is -1.23. The number of fused-ring (bicyclic) bond motifs is 1. The molecule has 2 N–H and O–H groups in total. The van der Waals surface area contributed by atoms with E-state index in [-0.39, 0.29) is 43.1 Å². The fraction of sp³-hybridized carbons (Fsp3) is 0.611. The molecule has 0 saturated carbocycles. The van der Waals surface area contributed by atoms with E-state index in [9.17, 15) is 8.42 Å². The van der Waals surface area contributed by atoms with Gasteiger partial charge >= 0.3 is 0 Å². The number of aliphatic imine (C=N–C) groups is 1. The number of nitrogens with zero attached hydrogens (tertiary/aromatic N) is 1. The van der Waals surface area contributed by atoms with Crippen molar-refractivity contribution in [3.8, 4) is 11.5 Å². The Morgan fingerprint density at radius 3 is 2.56 bits per heavy atom. The van der Waals surface area contributed by atoms with E-state index in [0.29, 0.717) is 19.0 Å². The normalized spacial score (nSPS) is 13.9. The fourth-order valence-corrected chi connectivity index (χ4v) is 3.29. The molecule has 0 radical (unpaired) electrons. The predicted molar refractivity (Wildman–Crippen MR) is 119 cm³/mol. The molecule has 0 saturated heterocycles. The number of ether oxygens (including phenoxy) is 2. The Balaban J connectivity index is 0.00000364. The van der Waals surface area contributed by atoms with Crippen molar-refractivity contribution in [3.05, 3.63) is 23.8 Å². The van der Waals surface area contributed by atoms with Crippen LogP contribution in [0.2, 0.25) is 0 Å². The molecule has 0 aliphatic carbocycles. The molecule has 1 aromatic rings. The molecule has 0 unspecified atom stereocenters. The summed E-state index contributed by atoms with van der Waals surface area (Å²) in [6.45, 7) is 8.99. The van der Waals surface area contributed by atoms with Gasteiger partial charge in [0.15, 0.2) is 27.3 Å². The van der Waals surface area contributed by atoms with Crippen LogP contribution in [0.5, 0.6) is 11.5 Å². The Kier molecular flexibility index (Phi) is 9.13. The van der Waals surface area contributed by atoms with Crippen LogP contribution in [0.3, 0.4) is 0 Å². The van der Waals surface area contributed by atoms with E-state index in [1.165, 1.54) is 0 Å². The van der Waals surface area contributed by atoms with Crippen LogP contribution in [0.4, 0.5) is 0 Å². The molecule has 154 valence electrons. The maximum atomic E-state index is 12.2. The van der Waals surface area contributed by atoms with E-state index >= 15 is 0 Å². The fourth-order valence-electron chi connectivity index (χ4n) is 2.35. The maximum absolute atomic E-state index is 12.2. The number of nitrogens with one attached hydrogen (secondary N) is 2. The van der Waals surface area contributed by atoms with E-state index in [0.717, 1.165) is 23.5 Å². The zero-order chi connectivity index (χ0) is 19.2. The molecule has 7 nitrogen and oxygen atoms in total. The second-order valence-corrected chi connectivity index (χ2v) is 9.92. The largest absolute Gasteiger partial charge is 0.454 e. The van der Waals surface area contributed by atoms with Gasteiger partial charge in [0.1, 0.15) is 0 Å². The Morgan fingerprint density at radius 1 is 1.19 bits per heavy atom. The van der Waals surface area contributed by atoms with Crippen LogP contribution in [-0.4, -0.2) is 51.3 Å². The summed E-state index contributed by atoms with van der Waals surface area (Å²) in [7, 11) is -3.17. The van der Waals surface area contributed by atoms with Crippen molar-refractivity contribution in [3.63, 3.8) is 0 Å².